The summed E-state index contributed by atoms with van der Waals surface area (Å²) in [5.41, 5.74) is 4.52. The molecule has 4 heteroatoms. The molecule has 158 valence electrons. The molecule has 0 N–H and O–H groups in total. The van der Waals surface area contributed by atoms with E-state index in [-0.39, 0.29) is 12.0 Å². The molecule has 0 amide bonds. The Balaban J connectivity index is 1.52. The monoisotopic (exact) mass is 420 g/mol. The summed E-state index contributed by atoms with van der Waals surface area (Å²) in [5, 5.41) is 9.75. The van der Waals surface area contributed by atoms with Crippen LogP contribution in [0.2, 0.25) is 0 Å². The molecule has 0 spiro atoms. The Labute approximate surface area is 187 Å². The minimum Gasteiger partial charge on any atom is -0.497 e. The van der Waals surface area contributed by atoms with E-state index in [9.17, 15) is 0 Å². The third kappa shape index (κ3) is 3.02. The second-order valence-corrected chi connectivity index (χ2v) is 8.29. The van der Waals surface area contributed by atoms with E-state index >= 15 is 0 Å². The molecule has 32 heavy (non-hydrogen) atoms. The lowest BCUT2D eigenvalue weighted by Crippen LogP contribution is -2.26. The molecular formula is C28H24N2O2. The summed E-state index contributed by atoms with van der Waals surface area (Å²) in [5.74, 6) is 2.04. The van der Waals surface area contributed by atoms with Crippen LogP contribution in [-0.2, 0) is 0 Å². The van der Waals surface area contributed by atoms with E-state index in [0.717, 1.165) is 40.3 Å². The number of anilines is 1. The summed E-state index contributed by atoms with van der Waals surface area (Å²) in [7, 11) is 1.70. The lowest BCUT2D eigenvalue weighted by atomic mass is 9.84. The fourth-order valence-corrected chi connectivity index (χ4v) is 4.98. The van der Waals surface area contributed by atoms with Gasteiger partial charge in [0.05, 0.1) is 31.2 Å². The van der Waals surface area contributed by atoms with Crippen molar-refractivity contribution in [3.05, 3.63) is 102 Å². The van der Waals surface area contributed by atoms with Gasteiger partial charge in [-0.2, -0.15) is 5.10 Å². The van der Waals surface area contributed by atoms with Crippen molar-refractivity contribution in [1.29, 1.82) is 0 Å². The highest BCUT2D eigenvalue weighted by Gasteiger charge is 2.41. The number of fused-ring (bicyclic) bond motifs is 5. The molecule has 4 aromatic rings. The molecule has 4 aromatic carbocycles. The first-order valence-electron chi connectivity index (χ1n) is 11.0. The minimum absolute atomic E-state index is 0.0966. The van der Waals surface area contributed by atoms with Crippen LogP contribution in [0.1, 0.15) is 23.6 Å². The SMILES string of the molecule is COc1ccc(C2C3CCOc4c(ccc5ccccc45)C3=NN2c2ccccc2)cc1. The molecule has 2 unspecified atom stereocenters. The van der Waals surface area contributed by atoms with Crippen molar-refractivity contribution in [3.8, 4) is 11.5 Å². The molecule has 2 heterocycles. The van der Waals surface area contributed by atoms with Gasteiger partial charge in [0.25, 0.3) is 0 Å². The maximum atomic E-state index is 6.34. The molecule has 2 aliphatic heterocycles. The number of ether oxygens (including phenoxy) is 2. The van der Waals surface area contributed by atoms with Crippen molar-refractivity contribution in [2.45, 2.75) is 12.5 Å². The van der Waals surface area contributed by atoms with Crippen molar-refractivity contribution in [1.82, 2.24) is 0 Å². The molecule has 6 rings (SSSR count). The van der Waals surface area contributed by atoms with Gasteiger partial charge in [0.1, 0.15) is 11.5 Å². The van der Waals surface area contributed by atoms with Crippen LogP contribution in [0.25, 0.3) is 10.8 Å². The van der Waals surface area contributed by atoms with Crippen LogP contribution in [-0.4, -0.2) is 19.4 Å². The summed E-state index contributed by atoms with van der Waals surface area (Å²) in [6.45, 7) is 0.667. The van der Waals surface area contributed by atoms with E-state index in [0.29, 0.717) is 6.61 Å². The van der Waals surface area contributed by atoms with Gasteiger partial charge in [-0.3, -0.25) is 5.01 Å². The van der Waals surface area contributed by atoms with Gasteiger partial charge in [0.2, 0.25) is 0 Å². The predicted octanol–water partition coefficient (Wildman–Crippen LogP) is 6.21. The van der Waals surface area contributed by atoms with E-state index in [1.165, 1.54) is 10.9 Å². The number of nitrogens with zero attached hydrogens (tertiary/aromatic N) is 2. The van der Waals surface area contributed by atoms with Gasteiger partial charge in [-0.1, -0.05) is 60.7 Å². The van der Waals surface area contributed by atoms with Crippen LogP contribution in [0.5, 0.6) is 11.5 Å². The van der Waals surface area contributed by atoms with Gasteiger partial charge in [-0.15, -0.1) is 0 Å². The van der Waals surface area contributed by atoms with Crippen LogP contribution >= 0.6 is 0 Å². The zero-order chi connectivity index (χ0) is 21.5. The van der Waals surface area contributed by atoms with Gasteiger partial charge < -0.3 is 9.47 Å². The summed E-state index contributed by atoms with van der Waals surface area (Å²) in [6.07, 6.45) is 0.905. The normalized spacial score (nSPS) is 19.5. The highest BCUT2D eigenvalue weighted by atomic mass is 16.5. The average Bonchev–Trinajstić information content (AvgIpc) is 3.14. The lowest BCUT2D eigenvalue weighted by Gasteiger charge is -2.28. The number of rotatable bonds is 3. The van der Waals surface area contributed by atoms with Crippen molar-refractivity contribution < 1.29 is 9.47 Å². The summed E-state index contributed by atoms with van der Waals surface area (Å²) < 4.78 is 11.7. The fraction of sp³-hybridized carbons (Fsp3) is 0.179. The highest BCUT2D eigenvalue weighted by molar-refractivity contribution is 6.11. The van der Waals surface area contributed by atoms with Crippen LogP contribution in [0.4, 0.5) is 5.69 Å². The standard InChI is InChI=1S/C28H24N2O2/c1-31-22-14-11-20(12-15-22)27-24-17-18-32-28-23-10-6-5-7-19(23)13-16-25(28)26(24)29-30(27)21-8-3-2-4-9-21/h2-16,24,27H,17-18H2,1H3. The van der Waals surface area contributed by atoms with Crippen molar-refractivity contribution >= 4 is 22.2 Å². The molecule has 0 radical (unpaired) electrons. The van der Waals surface area contributed by atoms with Crippen molar-refractivity contribution in [2.75, 3.05) is 18.7 Å². The maximum absolute atomic E-state index is 6.34. The van der Waals surface area contributed by atoms with Crippen LogP contribution in [0, 0.1) is 5.92 Å². The van der Waals surface area contributed by atoms with E-state index < -0.39 is 0 Å². The fourth-order valence-electron chi connectivity index (χ4n) is 4.98. The Bertz CT molecular complexity index is 1300. The molecule has 0 saturated carbocycles. The first-order chi connectivity index (χ1) is 15.8. The molecular weight excluding hydrogens is 396 g/mol. The largest absolute Gasteiger partial charge is 0.497 e. The van der Waals surface area contributed by atoms with Crippen LogP contribution < -0.4 is 14.5 Å². The Morgan fingerprint density at radius 1 is 0.875 bits per heavy atom. The molecule has 4 nitrogen and oxygen atoms in total. The van der Waals surface area contributed by atoms with Crippen LogP contribution in [0.15, 0.2) is 96.1 Å². The van der Waals surface area contributed by atoms with Crippen molar-refractivity contribution in [2.24, 2.45) is 11.0 Å². The quantitative estimate of drug-likeness (QED) is 0.395. The number of benzene rings is 4. The maximum Gasteiger partial charge on any atom is 0.136 e. The third-order valence-electron chi connectivity index (χ3n) is 6.52. The lowest BCUT2D eigenvalue weighted by molar-refractivity contribution is 0.298. The van der Waals surface area contributed by atoms with Crippen molar-refractivity contribution in [3.63, 3.8) is 0 Å². The number of methoxy groups -OCH3 is 1. The topological polar surface area (TPSA) is 34.1 Å². The second kappa shape index (κ2) is 7.72. The molecule has 0 fully saturated rings. The van der Waals surface area contributed by atoms with E-state index in [2.05, 4.69) is 77.8 Å². The van der Waals surface area contributed by atoms with E-state index in [4.69, 9.17) is 14.6 Å². The summed E-state index contributed by atoms with van der Waals surface area (Å²) >= 11 is 0. The molecule has 0 saturated heterocycles. The Morgan fingerprint density at radius 2 is 1.66 bits per heavy atom. The average molecular weight is 421 g/mol. The van der Waals surface area contributed by atoms with Gasteiger partial charge >= 0.3 is 0 Å². The predicted molar refractivity (Wildman–Crippen MR) is 129 cm³/mol. The first-order valence-corrected chi connectivity index (χ1v) is 11.0. The Kier molecular flexibility index (Phi) is 4.57. The first kappa shape index (κ1) is 18.9. The molecule has 0 aliphatic carbocycles. The van der Waals surface area contributed by atoms with Gasteiger partial charge in [0.15, 0.2) is 0 Å². The third-order valence-corrected chi connectivity index (χ3v) is 6.52. The minimum atomic E-state index is 0.0966. The van der Waals surface area contributed by atoms with E-state index in [1.54, 1.807) is 7.11 Å². The van der Waals surface area contributed by atoms with Gasteiger partial charge in [0, 0.05) is 16.9 Å². The van der Waals surface area contributed by atoms with Gasteiger partial charge in [-0.25, -0.2) is 0 Å². The zero-order valence-electron chi connectivity index (χ0n) is 17.9. The second-order valence-electron chi connectivity index (χ2n) is 8.29. The number of para-hydroxylation sites is 1. The Hall–Kier alpha value is -3.79. The number of hydrogen-bond acceptors (Lipinski definition) is 4. The van der Waals surface area contributed by atoms with Crippen LogP contribution in [0.3, 0.4) is 0 Å². The molecule has 0 bridgehead atoms. The molecule has 0 aromatic heterocycles. The zero-order valence-corrected chi connectivity index (χ0v) is 17.9. The smallest absolute Gasteiger partial charge is 0.136 e. The Morgan fingerprint density at radius 3 is 2.47 bits per heavy atom. The summed E-state index contributed by atoms with van der Waals surface area (Å²) in [6, 6.07) is 31.7. The molecule has 2 aliphatic rings. The summed E-state index contributed by atoms with van der Waals surface area (Å²) in [4.78, 5) is 0. The highest BCUT2D eigenvalue weighted by Crippen LogP contribution is 2.46. The number of hydrazone groups is 1. The van der Waals surface area contributed by atoms with E-state index in [1.807, 2.05) is 18.2 Å². The number of hydrogen-bond donors (Lipinski definition) is 0. The molecule has 2 atom stereocenters. The van der Waals surface area contributed by atoms with Gasteiger partial charge in [-0.05, 0) is 47.7 Å².